The lowest BCUT2D eigenvalue weighted by Gasteiger charge is -2.14. The van der Waals surface area contributed by atoms with Crippen molar-refractivity contribution >= 4 is 17.9 Å². The van der Waals surface area contributed by atoms with Crippen LogP contribution in [0.3, 0.4) is 0 Å². The molecule has 1 unspecified atom stereocenters. The molecule has 3 N–H and O–H groups in total. The summed E-state index contributed by atoms with van der Waals surface area (Å²) in [5.41, 5.74) is 0.316. The summed E-state index contributed by atoms with van der Waals surface area (Å²) in [6, 6.07) is 8.03. The van der Waals surface area contributed by atoms with Crippen LogP contribution < -0.4 is 15.4 Å². The van der Waals surface area contributed by atoms with Crippen LogP contribution in [0, 0.1) is 0 Å². The molecule has 1 aromatic heterocycles. The van der Waals surface area contributed by atoms with E-state index in [1.807, 2.05) is 0 Å². The van der Waals surface area contributed by atoms with Crippen LogP contribution in [-0.2, 0) is 9.59 Å². The van der Waals surface area contributed by atoms with Crippen LogP contribution in [0.4, 0.5) is 13.2 Å². The van der Waals surface area contributed by atoms with E-state index < -0.39 is 30.0 Å². The number of rotatable bonds is 9. The molecule has 10 heteroatoms. The van der Waals surface area contributed by atoms with E-state index in [-0.39, 0.29) is 19.5 Å². The van der Waals surface area contributed by atoms with E-state index in [4.69, 9.17) is 4.42 Å². The lowest BCUT2D eigenvalue weighted by Crippen LogP contribution is -2.32. The van der Waals surface area contributed by atoms with Crippen molar-refractivity contribution in [3.63, 3.8) is 0 Å². The standard InChI is InChI=1S/C19H19F3N2O5/c20-19(21,22)29-15-5-3-13(4-6-15)16(25)12-24-18(27)9-10-23-17(26)8-7-14-2-1-11-28-14/h1-8,11,16,25H,9-10,12H2,(H,23,26)(H,24,27)/b8-7+. The number of aliphatic hydroxyl groups is 1. The van der Waals surface area contributed by atoms with Crippen LogP contribution in [-0.4, -0.2) is 36.4 Å². The second-order valence-electron chi connectivity index (χ2n) is 5.83. The summed E-state index contributed by atoms with van der Waals surface area (Å²) >= 11 is 0. The average Bonchev–Trinajstić information content (AvgIpc) is 3.17. The lowest BCUT2D eigenvalue weighted by atomic mass is 10.1. The zero-order valence-corrected chi connectivity index (χ0v) is 15.1. The quantitative estimate of drug-likeness (QED) is 0.550. The summed E-state index contributed by atoms with van der Waals surface area (Å²) in [6.07, 6.45) is -1.68. The topological polar surface area (TPSA) is 101 Å². The normalized spacial score (nSPS) is 12.6. The Bertz CT molecular complexity index is 817. The molecule has 0 aliphatic carbocycles. The summed E-state index contributed by atoms with van der Waals surface area (Å²) < 4.78 is 45.1. The van der Waals surface area contributed by atoms with Gasteiger partial charge in [0.2, 0.25) is 11.8 Å². The van der Waals surface area contributed by atoms with Crippen molar-refractivity contribution in [3.8, 4) is 5.75 Å². The molecule has 29 heavy (non-hydrogen) atoms. The van der Waals surface area contributed by atoms with E-state index in [1.165, 1.54) is 30.5 Å². The second kappa shape index (κ2) is 10.3. The number of benzene rings is 1. The average molecular weight is 412 g/mol. The van der Waals surface area contributed by atoms with E-state index >= 15 is 0 Å². The Morgan fingerprint density at radius 2 is 1.90 bits per heavy atom. The van der Waals surface area contributed by atoms with E-state index in [1.54, 1.807) is 12.1 Å². The van der Waals surface area contributed by atoms with Crippen molar-refractivity contribution in [3.05, 3.63) is 60.1 Å². The third kappa shape index (κ3) is 8.52. The second-order valence-corrected chi connectivity index (χ2v) is 5.83. The maximum atomic E-state index is 12.1. The fourth-order valence-corrected chi connectivity index (χ4v) is 2.21. The van der Waals surface area contributed by atoms with E-state index in [0.29, 0.717) is 11.3 Å². The highest BCUT2D eigenvalue weighted by atomic mass is 19.4. The van der Waals surface area contributed by atoms with Crippen molar-refractivity contribution in [1.82, 2.24) is 10.6 Å². The van der Waals surface area contributed by atoms with Crippen molar-refractivity contribution < 1.29 is 37.0 Å². The van der Waals surface area contributed by atoms with E-state index in [2.05, 4.69) is 15.4 Å². The third-order valence-corrected chi connectivity index (χ3v) is 3.58. The molecule has 2 rings (SSSR count). The van der Waals surface area contributed by atoms with Gasteiger partial charge >= 0.3 is 6.36 Å². The molecule has 1 atom stereocenters. The van der Waals surface area contributed by atoms with E-state index in [0.717, 1.165) is 12.1 Å². The number of alkyl halides is 3. The fourth-order valence-electron chi connectivity index (χ4n) is 2.21. The van der Waals surface area contributed by atoms with Crippen molar-refractivity contribution in [2.45, 2.75) is 18.9 Å². The minimum absolute atomic E-state index is 0.00852. The molecular weight excluding hydrogens is 393 g/mol. The van der Waals surface area contributed by atoms with Gasteiger partial charge in [0.1, 0.15) is 11.5 Å². The first-order chi connectivity index (χ1) is 13.7. The van der Waals surface area contributed by atoms with Crippen LogP contribution in [0.5, 0.6) is 5.75 Å². The molecule has 0 spiro atoms. The molecule has 0 aliphatic heterocycles. The highest BCUT2D eigenvalue weighted by Crippen LogP contribution is 2.24. The van der Waals surface area contributed by atoms with Gasteiger partial charge in [-0.3, -0.25) is 9.59 Å². The molecule has 0 fully saturated rings. The first-order valence-electron chi connectivity index (χ1n) is 8.53. The molecule has 0 bridgehead atoms. The molecule has 7 nitrogen and oxygen atoms in total. The van der Waals surface area contributed by atoms with Crippen LogP contribution in [0.15, 0.2) is 53.2 Å². The number of furan rings is 1. The summed E-state index contributed by atoms with van der Waals surface area (Å²) in [7, 11) is 0. The molecule has 1 heterocycles. The SMILES string of the molecule is O=C(/C=C/c1ccco1)NCCC(=O)NCC(O)c1ccc(OC(F)(F)F)cc1. The smallest absolute Gasteiger partial charge is 0.465 e. The molecule has 0 aliphatic rings. The molecule has 2 amide bonds. The predicted octanol–water partition coefficient (Wildman–Crippen LogP) is 2.55. The molecule has 0 saturated heterocycles. The summed E-state index contributed by atoms with van der Waals surface area (Å²) in [5.74, 6) is -0.689. The zero-order chi connectivity index (χ0) is 21.3. The first kappa shape index (κ1) is 22.0. The Morgan fingerprint density at radius 3 is 2.52 bits per heavy atom. The van der Waals surface area contributed by atoms with Crippen LogP contribution in [0.2, 0.25) is 0 Å². The maximum Gasteiger partial charge on any atom is 0.573 e. The Morgan fingerprint density at radius 1 is 1.17 bits per heavy atom. The summed E-state index contributed by atoms with van der Waals surface area (Å²) in [6.45, 7) is -0.0443. The Hall–Kier alpha value is -3.27. The van der Waals surface area contributed by atoms with Gasteiger partial charge in [0.15, 0.2) is 0 Å². The largest absolute Gasteiger partial charge is 0.573 e. The number of carbonyl (C=O) groups is 2. The number of amides is 2. The number of carbonyl (C=O) groups excluding carboxylic acids is 2. The van der Waals surface area contributed by atoms with Crippen LogP contribution in [0.1, 0.15) is 23.8 Å². The highest BCUT2D eigenvalue weighted by molar-refractivity contribution is 5.91. The van der Waals surface area contributed by atoms with Gasteiger partial charge in [0.25, 0.3) is 0 Å². The Kier molecular flexibility index (Phi) is 7.84. The van der Waals surface area contributed by atoms with Crippen LogP contribution >= 0.6 is 0 Å². The molecule has 1 aromatic carbocycles. The number of hydrogen-bond donors (Lipinski definition) is 3. The molecule has 156 valence electrons. The number of hydrogen-bond acceptors (Lipinski definition) is 5. The van der Waals surface area contributed by atoms with E-state index in [9.17, 15) is 27.9 Å². The molecule has 2 aromatic rings. The van der Waals surface area contributed by atoms with Gasteiger partial charge in [-0.2, -0.15) is 0 Å². The zero-order valence-electron chi connectivity index (χ0n) is 15.1. The van der Waals surface area contributed by atoms with Gasteiger partial charge in [-0.25, -0.2) is 0 Å². The predicted molar refractivity (Wildman–Crippen MR) is 96.5 cm³/mol. The minimum atomic E-state index is -4.79. The summed E-state index contributed by atoms with van der Waals surface area (Å²) in [5, 5.41) is 15.0. The van der Waals surface area contributed by atoms with Gasteiger partial charge in [0.05, 0.1) is 12.4 Å². The van der Waals surface area contributed by atoms with Crippen molar-refractivity contribution in [2.24, 2.45) is 0 Å². The minimum Gasteiger partial charge on any atom is -0.465 e. The van der Waals surface area contributed by atoms with Crippen LogP contribution in [0.25, 0.3) is 6.08 Å². The molecular formula is C19H19F3N2O5. The highest BCUT2D eigenvalue weighted by Gasteiger charge is 2.31. The number of nitrogens with one attached hydrogen (secondary N) is 2. The van der Waals surface area contributed by atoms with Gasteiger partial charge in [-0.15, -0.1) is 13.2 Å². The lowest BCUT2D eigenvalue weighted by molar-refractivity contribution is -0.274. The fraction of sp³-hybridized carbons (Fsp3) is 0.263. The van der Waals surface area contributed by atoms with Gasteiger partial charge in [-0.1, -0.05) is 12.1 Å². The Labute approximate surface area is 164 Å². The monoisotopic (exact) mass is 412 g/mol. The Balaban J connectivity index is 1.67. The summed E-state index contributed by atoms with van der Waals surface area (Å²) in [4.78, 5) is 23.4. The van der Waals surface area contributed by atoms with Gasteiger partial charge in [0, 0.05) is 25.6 Å². The maximum absolute atomic E-state index is 12.1. The first-order valence-corrected chi connectivity index (χ1v) is 8.53. The third-order valence-electron chi connectivity index (χ3n) is 3.58. The van der Waals surface area contributed by atoms with Crippen molar-refractivity contribution in [2.75, 3.05) is 13.1 Å². The van der Waals surface area contributed by atoms with Gasteiger partial charge in [-0.05, 0) is 35.9 Å². The van der Waals surface area contributed by atoms with Crippen molar-refractivity contribution in [1.29, 1.82) is 0 Å². The molecule has 0 saturated carbocycles. The number of ether oxygens (including phenoxy) is 1. The van der Waals surface area contributed by atoms with Gasteiger partial charge < -0.3 is 24.9 Å². The number of halogens is 3. The molecule has 0 radical (unpaired) electrons. The number of aliphatic hydroxyl groups excluding tert-OH is 1.